The zero-order valence-corrected chi connectivity index (χ0v) is 15.7. The van der Waals surface area contributed by atoms with Gasteiger partial charge in [0.1, 0.15) is 12.2 Å². The van der Waals surface area contributed by atoms with Crippen molar-refractivity contribution in [3.63, 3.8) is 0 Å². The zero-order chi connectivity index (χ0) is 19.5. The van der Waals surface area contributed by atoms with Gasteiger partial charge in [0, 0.05) is 25.2 Å². The fraction of sp³-hybridized carbons (Fsp3) is 0.409. The third-order valence-corrected chi connectivity index (χ3v) is 5.72. The van der Waals surface area contributed by atoms with E-state index in [4.69, 9.17) is 4.74 Å². The van der Waals surface area contributed by atoms with E-state index in [1.165, 1.54) is 11.1 Å². The molecule has 6 nitrogen and oxygen atoms in total. The summed E-state index contributed by atoms with van der Waals surface area (Å²) in [6, 6.07) is 17.1. The van der Waals surface area contributed by atoms with E-state index in [-0.39, 0.29) is 31.2 Å². The van der Waals surface area contributed by atoms with Crippen molar-refractivity contribution in [1.29, 1.82) is 0 Å². The van der Waals surface area contributed by atoms with Crippen molar-refractivity contribution in [1.82, 2.24) is 10.2 Å². The molecule has 0 aliphatic carbocycles. The standard InChI is InChI=1S/C22H26N2O4/c25-14-19-21(26)20(24-11-10-15-6-4-5-9-17(15)13-24)18(28-19)12-23-22(27)16-7-2-1-3-8-16/h1-9,18-21,25-26H,10-14H2,(H,23,27)/t18-,19+,20+,21-/m1/s1. The Kier molecular flexibility index (Phi) is 5.73. The van der Waals surface area contributed by atoms with Gasteiger partial charge >= 0.3 is 0 Å². The van der Waals surface area contributed by atoms with Crippen LogP contribution in [-0.2, 0) is 17.7 Å². The molecule has 2 heterocycles. The van der Waals surface area contributed by atoms with E-state index in [0.717, 1.165) is 19.5 Å². The molecule has 1 amide bonds. The quantitative estimate of drug-likeness (QED) is 0.718. The maximum Gasteiger partial charge on any atom is 0.251 e. The Bertz CT molecular complexity index is 813. The summed E-state index contributed by atoms with van der Waals surface area (Å²) in [7, 11) is 0. The highest BCUT2D eigenvalue weighted by molar-refractivity contribution is 5.94. The van der Waals surface area contributed by atoms with Crippen LogP contribution in [-0.4, -0.2) is 65.1 Å². The van der Waals surface area contributed by atoms with Crippen molar-refractivity contribution in [2.45, 2.75) is 37.3 Å². The molecule has 0 saturated carbocycles. The number of carbonyl (C=O) groups excluding carboxylic acids is 1. The Morgan fingerprint density at radius 2 is 1.79 bits per heavy atom. The molecule has 0 aromatic heterocycles. The van der Waals surface area contributed by atoms with Crippen molar-refractivity contribution >= 4 is 5.91 Å². The van der Waals surface area contributed by atoms with Crippen LogP contribution in [0.25, 0.3) is 0 Å². The number of ether oxygens (including phenoxy) is 1. The van der Waals surface area contributed by atoms with Gasteiger partial charge in [-0.2, -0.15) is 0 Å². The Balaban J connectivity index is 1.47. The van der Waals surface area contributed by atoms with Gasteiger partial charge in [-0.05, 0) is 29.7 Å². The molecule has 4 rings (SSSR count). The van der Waals surface area contributed by atoms with E-state index in [9.17, 15) is 15.0 Å². The van der Waals surface area contributed by atoms with Gasteiger partial charge in [0.25, 0.3) is 5.91 Å². The third-order valence-electron chi connectivity index (χ3n) is 5.72. The lowest BCUT2D eigenvalue weighted by molar-refractivity contribution is -0.0209. The lowest BCUT2D eigenvalue weighted by Gasteiger charge is -2.37. The Morgan fingerprint density at radius 3 is 2.54 bits per heavy atom. The summed E-state index contributed by atoms with van der Waals surface area (Å²) >= 11 is 0. The molecular formula is C22H26N2O4. The normalized spacial score (nSPS) is 27.4. The van der Waals surface area contributed by atoms with Gasteiger partial charge in [0.15, 0.2) is 0 Å². The van der Waals surface area contributed by atoms with Gasteiger partial charge in [-0.3, -0.25) is 9.69 Å². The van der Waals surface area contributed by atoms with Gasteiger partial charge in [0.05, 0.1) is 18.8 Å². The van der Waals surface area contributed by atoms with Gasteiger partial charge in [-0.15, -0.1) is 0 Å². The molecule has 2 aliphatic heterocycles. The molecule has 1 fully saturated rings. The van der Waals surface area contributed by atoms with E-state index in [0.29, 0.717) is 5.56 Å². The zero-order valence-electron chi connectivity index (χ0n) is 15.7. The number of rotatable bonds is 5. The highest BCUT2D eigenvalue weighted by atomic mass is 16.5. The molecule has 2 aliphatic rings. The molecule has 3 N–H and O–H groups in total. The number of aliphatic hydroxyl groups is 2. The maximum absolute atomic E-state index is 12.4. The van der Waals surface area contributed by atoms with Crippen LogP contribution in [0.2, 0.25) is 0 Å². The molecule has 148 valence electrons. The summed E-state index contributed by atoms with van der Waals surface area (Å²) in [5.74, 6) is -0.172. The average molecular weight is 382 g/mol. The van der Waals surface area contributed by atoms with Crippen LogP contribution in [0.1, 0.15) is 21.5 Å². The third kappa shape index (κ3) is 3.82. The van der Waals surface area contributed by atoms with E-state index >= 15 is 0 Å². The molecule has 6 heteroatoms. The van der Waals surface area contributed by atoms with Crippen LogP contribution in [0.5, 0.6) is 0 Å². The van der Waals surface area contributed by atoms with Crippen molar-refractivity contribution in [3.05, 3.63) is 71.3 Å². The minimum atomic E-state index is -0.797. The number of benzene rings is 2. The number of carbonyl (C=O) groups is 1. The van der Waals surface area contributed by atoms with Crippen LogP contribution >= 0.6 is 0 Å². The molecule has 2 aromatic carbocycles. The molecule has 28 heavy (non-hydrogen) atoms. The summed E-state index contributed by atoms with van der Waals surface area (Å²) < 4.78 is 5.91. The number of nitrogens with one attached hydrogen (secondary N) is 1. The second kappa shape index (κ2) is 8.41. The summed E-state index contributed by atoms with van der Waals surface area (Å²) in [6.45, 7) is 1.57. The first kappa shape index (κ1) is 19.1. The first-order valence-electron chi connectivity index (χ1n) is 9.76. The lowest BCUT2D eigenvalue weighted by Crippen LogP contribution is -2.52. The molecule has 0 spiro atoms. The first-order chi connectivity index (χ1) is 13.7. The van der Waals surface area contributed by atoms with Crippen molar-refractivity contribution in [3.8, 4) is 0 Å². The van der Waals surface area contributed by atoms with E-state index in [1.807, 2.05) is 30.3 Å². The van der Waals surface area contributed by atoms with Crippen LogP contribution in [0.3, 0.4) is 0 Å². The molecule has 0 unspecified atom stereocenters. The number of hydrogen-bond donors (Lipinski definition) is 3. The van der Waals surface area contributed by atoms with Gasteiger partial charge < -0.3 is 20.3 Å². The number of nitrogens with zero attached hydrogens (tertiary/aromatic N) is 1. The van der Waals surface area contributed by atoms with Crippen molar-refractivity contribution in [2.24, 2.45) is 0 Å². The maximum atomic E-state index is 12.4. The molecule has 0 radical (unpaired) electrons. The lowest BCUT2D eigenvalue weighted by atomic mass is 9.95. The summed E-state index contributed by atoms with van der Waals surface area (Å²) in [4.78, 5) is 14.6. The van der Waals surface area contributed by atoms with Crippen molar-refractivity contribution in [2.75, 3.05) is 19.7 Å². The average Bonchev–Trinajstić information content (AvgIpc) is 3.07. The number of hydrogen-bond acceptors (Lipinski definition) is 5. The molecule has 4 atom stereocenters. The summed E-state index contributed by atoms with van der Waals surface area (Å²) in [6.07, 6.45) is -0.911. The Hall–Kier alpha value is -2.25. The topological polar surface area (TPSA) is 82.0 Å². The predicted molar refractivity (Wildman–Crippen MR) is 105 cm³/mol. The second-order valence-corrected chi connectivity index (χ2v) is 7.44. The van der Waals surface area contributed by atoms with Crippen LogP contribution in [0.15, 0.2) is 54.6 Å². The molecular weight excluding hydrogens is 356 g/mol. The van der Waals surface area contributed by atoms with Crippen LogP contribution in [0.4, 0.5) is 0 Å². The minimum absolute atomic E-state index is 0.172. The summed E-state index contributed by atoms with van der Waals surface area (Å²) in [5.41, 5.74) is 3.17. The van der Waals surface area contributed by atoms with E-state index in [2.05, 4.69) is 22.3 Å². The Labute approximate surface area is 164 Å². The number of amides is 1. The fourth-order valence-electron chi connectivity index (χ4n) is 4.25. The smallest absolute Gasteiger partial charge is 0.251 e. The predicted octanol–water partition coefficient (Wildman–Crippen LogP) is 0.964. The number of fused-ring (bicyclic) bond motifs is 1. The molecule has 0 bridgehead atoms. The SMILES string of the molecule is O=C(NC[C@H]1O[C@@H](CO)[C@@H](O)[C@H]1N1CCc2ccccc2C1)c1ccccc1. The van der Waals surface area contributed by atoms with E-state index < -0.39 is 12.2 Å². The highest BCUT2D eigenvalue weighted by Gasteiger charge is 2.46. The van der Waals surface area contributed by atoms with Crippen molar-refractivity contribution < 1.29 is 19.7 Å². The number of aliphatic hydroxyl groups excluding tert-OH is 2. The van der Waals surface area contributed by atoms with Gasteiger partial charge in [-0.25, -0.2) is 0 Å². The van der Waals surface area contributed by atoms with E-state index in [1.54, 1.807) is 12.1 Å². The second-order valence-electron chi connectivity index (χ2n) is 7.44. The van der Waals surface area contributed by atoms with Gasteiger partial charge in [0.2, 0.25) is 0 Å². The fourth-order valence-corrected chi connectivity index (χ4v) is 4.25. The monoisotopic (exact) mass is 382 g/mol. The highest BCUT2D eigenvalue weighted by Crippen LogP contribution is 2.30. The largest absolute Gasteiger partial charge is 0.394 e. The van der Waals surface area contributed by atoms with Gasteiger partial charge in [-0.1, -0.05) is 42.5 Å². The first-order valence-corrected chi connectivity index (χ1v) is 9.76. The summed E-state index contributed by atoms with van der Waals surface area (Å²) in [5, 5.41) is 23.3. The Morgan fingerprint density at radius 1 is 1.07 bits per heavy atom. The van der Waals surface area contributed by atoms with Crippen LogP contribution < -0.4 is 5.32 Å². The molecule has 1 saturated heterocycles. The minimum Gasteiger partial charge on any atom is -0.394 e. The molecule has 2 aromatic rings. The van der Waals surface area contributed by atoms with Crippen LogP contribution in [0, 0.1) is 0 Å².